The van der Waals surface area contributed by atoms with Gasteiger partial charge in [0.05, 0.1) is 6.04 Å². The predicted octanol–water partition coefficient (Wildman–Crippen LogP) is 4.25. The van der Waals surface area contributed by atoms with E-state index in [4.69, 9.17) is 4.74 Å². The topological polar surface area (TPSA) is 58.6 Å². The third-order valence-corrected chi connectivity index (χ3v) is 5.23. The van der Waals surface area contributed by atoms with E-state index in [0.717, 1.165) is 11.1 Å². The average molecular weight is 427 g/mol. The van der Waals surface area contributed by atoms with Crippen molar-refractivity contribution >= 4 is 11.8 Å². The molecule has 1 heterocycles. The summed E-state index contributed by atoms with van der Waals surface area (Å²) in [6.45, 7) is 9.91. The van der Waals surface area contributed by atoms with Crippen LogP contribution in [-0.2, 0) is 16.0 Å². The summed E-state index contributed by atoms with van der Waals surface area (Å²) in [7, 11) is 0. The molecule has 3 rings (SSSR count). The van der Waals surface area contributed by atoms with Crippen LogP contribution >= 0.6 is 0 Å². The van der Waals surface area contributed by atoms with Crippen LogP contribution in [-0.4, -0.2) is 35.9 Å². The first-order valence-corrected chi connectivity index (χ1v) is 10.7. The van der Waals surface area contributed by atoms with Gasteiger partial charge >= 0.3 is 0 Å². The highest BCUT2D eigenvalue weighted by molar-refractivity contribution is 5.83. The van der Waals surface area contributed by atoms with Gasteiger partial charge in [0.2, 0.25) is 5.91 Å². The van der Waals surface area contributed by atoms with Crippen molar-refractivity contribution in [1.29, 1.82) is 0 Å². The minimum Gasteiger partial charge on any atom is -0.484 e. The quantitative estimate of drug-likeness (QED) is 0.778. The summed E-state index contributed by atoms with van der Waals surface area (Å²) < 4.78 is 19.8. The first-order valence-electron chi connectivity index (χ1n) is 10.7. The smallest absolute Gasteiger partial charge is 0.258 e. The molecule has 0 bridgehead atoms. The number of hydrogen-bond acceptors (Lipinski definition) is 3. The Morgan fingerprint density at radius 1 is 1.19 bits per heavy atom. The molecule has 2 amide bonds. The molecule has 0 spiro atoms. The molecule has 0 aromatic heterocycles. The SMILES string of the molecule is CC(C)NC(=O)COc1ccc2c(c1)[C@H](c1cccc(F)c1)N(C(=O)C(C)(C)C)CC2. The summed E-state index contributed by atoms with van der Waals surface area (Å²) in [5.41, 5.74) is 2.14. The minimum atomic E-state index is -0.563. The molecule has 0 fully saturated rings. The molecule has 2 aromatic rings. The third-order valence-electron chi connectivity index (χ3n) is 5.23. The number of hydrogen-bond donors (Lipinski definition) is 1. The molecular weight excluding hydrogens is 395 g/mol. The summed E-state index contributed by atoms with van der Waals surface area (Å²) in [4.78, 5) is 27.0. The average Bonchev–Trinajstić information content (AvgIpc) is 2.69. The van der Waals surface area contributed by atoms with Gasteiger partial charge in [-0.15, -0.1) is 0 Å². The van der Waals surface area contributed by atoms with Crippen molar-refractivity contribution in [2.45, 2.75) is 53.1 Å². The maximum Gasteiger partial charge on any atom is 0.258 e. The van der Waals surface area contributed by atoms with Gasteiger partial charge < -0.3 is 15.0 Å². The Morgan fingerprint density at radius 2 is 1.94 bits per heavy atom. The summed E-state index contributed by atoms with van der Waals surface area (Å²) in [6, 6.07) is 11.7. The van der Waals surface area contributed by atoms with Gasteiger partial charge in [-0.1, -0.05) is 39.0 Å². The second-order valence-electron chi connectivity index (χ2n) is 9.33. The van der Waals surface area contributed by atoms with Gasteiger partial charge in [-0.25, -0.2) is 4.39 Å². The maximum atomic E-state index is 14.1. The summed E-state index contributed by atoms with van der Waals surface area (Å²) in [6.07, 6.45) is 0.705. The van der Waals surface area contributed by atoms with E-state index in [-0.39, 0.29) is 30.3 Å². The van der Waals surface area contributed by atoms with Crippen molar-refractivity contribution in [3.05, 3.63) is 65.0 Å². The highest BCUT2D eigenvalue weighted by Gasteiger charge is 2.37. The first kappa shape index (κ1) is 22.8. The molecule has 1 aliphatic heterocycles. The van der Waals surface area contributed by atoms with Gasteiger partial charge in [-0.2, -0.15) is 0 Å². The normalized spacial score (nSPS) is 16.1. The maximum absolute atomic E-state index is 14.1. The van der Waals surface area contributed by atoms with Crippen LogP contribution in [0, 0.1) is 11.2 Å². The van der Waals surface area contributed by atoms with E-state index in [1.165, 1.54) is 12.1 Å². The molecule has 2 aromatic carbocycles. The van der Waals surface area contributed by atoms with Crippen LogP contribution in [0.15, 0.2) is 42.5 Å². The number of amides is 2. The van der Waals surface area contributed by atoms with Crippen LogP contribution in [0.3, 0.4) is 0 Å². The Labute approximate surface area is 183 Å². The van der Waals surface area contributed by atoms with E-state index < -0.39 is 11.5 Å². The van der Waals surface area contributed by atoms with Crippen LogP contribution in [0.25, 0.3) is 0 Å². The lowest BCUT2D eigenvalue weighted by Gasteiger charge is -2.41. The van der Waals surface area contributed by atoms with Gasteiger partial charge in [0.25, 0.3) is 5.91 Å². The van der Waals surface area contributed by atoms with Crippen LogP contribution in [0.5, 0.6) is 5.75 Å². The Morgan fingerprint density at radius 3 is 2.58 bits per heavy atom. The molecular formula is C25H31FN2O3. The second kappa shape index (κ2) is 9.08. The van der Waals surface area contributed by atoms with Crippen molar-refractivity contribution in [3.63, 3.8) is 0 Å². The fraction of sp³-hybridized carbons (Fsp3) is 0.440. The van der Waals surface area contributed by atoms with Gasteiger partial charge in [0.15, 0.2) is 6.61 Å². The van der Waals surface area contributed by atoms with Gasteiger partial charge in [-0.3, -0.25) is 9.59 Å². The molecule has 6 heteroatoms. The number of benzene rings is 2. The van der Waals surface area contributed by atoms with Crippen molar-refractivity contribution in [2.24, 2.45) is 5.41 Å². The van der Waals surface area contributed by atoms with E-state index in [9.17, 15) is 14.0 Å². The van der Waals surface area contributed by atoms with Crippen molar-refractivity contribution < 1.29 is 18.7 Å². The largest absolute Gasteiger partial charge is 0.484 e. The van der Waals surface area contributed by atoms with Crippen molar-refractivity contribution in [2.75, 3.05) is 13.2 Å². The molecule has 0 saturated carbocycles. The minimum absolute atomic E-state index is 0.00930. The molecule has 1 N–H and O–H groups in total. The first-order chi connectivity index (χ1) is 14.6. The van der Waals surface area contributed by atoms with Gasteiger partial charge in [0, 0.05) is 18.0 Å². The molecule has 0 unspecified atom stereocenters. The van der Waals surface area contributed by atoms with Crippen LogP contribution < -0.4 is 10.1 Å². The number of nitrogens with zero attached hydrogens (tertiary/aromatic N) is 1. The lowest BCUT2D eigenvalue weighted by atomic mass is 9.85. The number of rotatable bonds is 5. The zero-order valence-electron chi connectivity index (χ0n) is 18.9. The van der Waals surface area contributed by atoms with E-state index in [1.807, 2.05) is 63.8 Å². The summed E-state index contributed by atoms with van der Waals surface area (Å²) in [5, 5.41) is 2.80. The van der Waals surface area contributed by atoms with E-state index in [1.54, 1.807) is 6.07 Å². The highest BCUT2D eigenvalue weighted by Crippen LogP contribution is 2.39. The van der Waals surface area contributed by atoms with Crippen LogP contribution in [0.4, 0.5) is 4.39 Å². The van der Waals surface area contributed by atoms with Crippen LogP contribution in [0.2, 0.25) is 0 Å². The summed E-state index contributed by atoms with van der Waals surface area (Å²) >= 11 is 0. The van der Waals surface area contributed by atoms with E-state index in [0.29, 0.717) is 24.3 Å². The molecule has 1 atom stereocenters. The van der Waals surface area contributed by atoms with Gasteiger partial charge in [0.1, 0.15) is 11.6 Å². The predicted molar refractivity (Wildman–Crippen MR) is 118 cm³/mol. The van der Waals surface area contributed by atoms with Crippen LogP contribution in [0.1, 0.15) is 57.4 Å². The summed E-state index contributed by atoms with van der Waals surface area (Å²) in [5.74, 6) is 0.0173. The molecule has 0 radical (unpaired) electrons. The number of nitrogens with one attached hydrogen (secondary N) is 1. The third kappa shape index (κ3) is 5.43. The van der Waals surface area contributed by atoms with E-state index >= 15 is 0 Å². The Kier molecular flexibility index (Phi) is 6.68. The standard InChI is InChI=1S/C25H31FN2O3/c1-16(2)27-22(29)15-31-20-10-9-17-11-12-28(24(30)25(3,4)5)23(21(17)14-20)18-7-6-8-19(26)13-18/h6-10,13-14,16,23H,11-12,15H2,1-5H3,(H,27,29)/t23-/m0/s1. The molecule has 0 saturated heterocycles. The monoisotopic (exact) mass is 426 g/mol. The molecule has 31 heavy (non-hydrogen) atoms. The van der Waals surface area contributed by atoms with Crippen molar-refractivity contribution in [1.82, 2.24) is 10.2 Å². The lowest BCUT2D eigenvalue weighted by Crippen LogP contribution is -2.45. The highest BCUT2D eigenvalue weighted by atomic mass is 19.1. The zero-order valence-corrected chi connectivity index (χ0v) is 18.9. The van der Waals surface area contributed by atoms with Crippen molar-refractivity contribution in [3.8, 4) is 5.75 Å². The van der Waals surface area contributed by atoms with Gasteiger partial charge in [-0.05, 0) is 61.2 Å². The number of carbonyl (C=O) groups is 2. The van der Waals surface area contributed by atoms with E-state index in [2.05, 4.69) is 5.32 Å². The fourth-order valence-corrected chi connectivity index (χ4v) is 3.88. The Balaban J connectivity index is 1.98. The molecule has 0 aliphatic carbocycles. The number of fused-ring (bicyclic) bond motifs is 1. The Bertz CT molecular complexity index is 965. The molecule has 5 nitrogen and oxygen atoms in total. The second-order valence-corrected chi connectivity index (χ2v) is 9.33. The number of halogens is 1. The number of carbonyl (C=O) groups excluding carboxylic acids is 2. The Hall–Kier alpha value is -2.89. The fourth-order valence-electron chi connectivity index (χ4n) is 3.88. The molecule has 166 valence electrons. The lowest BCUT2D eigenvalue weighted by molar-refractivity contribution is -0.141. The number of ether oxygens (including phenoxy) is 1. The zero-order chi connectivity index (χ0) is 22.8. The molecule has 1 aliphatic rings.